The van der Waals surface area contributed by atoms with Gasteiger partial charge < -0.3 is 14.9 Å². The van der Waals surface area contributed by atoms with Crippen molar-refractivity contribution in [2.75, 3.05) is 31.9 Å². The van der Waals surface area contributed by atoms with E-state index in [1.807, 2.05) is 36.0 Å². The van der Waals surface area contributed by atoms with Gasteiger partial charge in [-0.15, -0.1) is 11.8 Å². The van der Waals surface area contributed by atoms with E-state index in [0.29, 0.717) is 0 Å². The normalized spacial score (nSPS) is 16.2. The van der Waals surface area contributed by atoms with Gasteiger partial charge in [0.1, 0.15) is 17.4 Å². The number of aliphatic carboxylic acids is 2. The van der Waals surface area contributed by atoms with Gasteiger partial charge in [-0.3, -0.25) is 9.80 Å². The zero-order valence-electron chi connectivity index (χ0n) is 23.5. The van der Waals surface area contributed by atoms with Gasteiger partial charge in [-0.1, -0.05) is 49.7 Å². The molecule has 7 nitrogen and oxygen atoms in total. The zero-order chi connectivity index (χ0) is 30.1. The summed E-state index contributed by atoms with van der Waals surface area (Å²) < 4.78 is 34.0. The Morgan fingerprint density at radius 3 is 1.93 bits per heavy atom. The van der Waals surface area contributed by atoms with Gasteiger partial charge in [0.05, 0.1) is 10.9 Å². The monoisotopic (exact) mass is 598 g/mol. The van der Waals surface area contributed by atoms with E-state index in [2.05, 4.69) is 34.9 Å². The van der Waals surface area contributed by atoms with Gasteiger partial charge in [0.25, 0.3) is 0 Å². The molecule has 1 saturated heterocycles. The molecule has 0 aliphatic carbocycles. The van der Waals surface area contributed by atoms with Gasteiger partial charge in [-0.05, 0) is 72.0 Å². The van der Waals surface area contributed by atoms with E-state index in [0.717, 1.165) is 68.1 Å². The maximum absolute atomic E-state index is 13.7. The van der Waals surface area contributed by atoms with Crippen molar-refractivity contribution in [1.82, 2.24) is 9.80 Å². The number of fused-ring (bicyclic) bond motifs is 1. The molecule has 1 unspecified atom stereocenters. The maximum Gasteiger partial charge on any atom is 0.414 e. The lowest BCUT2D eigenvalue weighted by Gasteiger charge is -2.42. The number of hydrogen-bond donors (Lipinski definition) is 2. The predicted octanol–water partition coefficient (Wildman–Crippen LogP) is 6.07. The van der Waals surface area contributed by atoms with Crippen LogP contribution < -0.4 is 4.74 Å². The zero-order valence-corrected chi connectivity index (χ0v) is 24.4. The molecule has 0 spiro atoms. The Hall–Kier alpha value is -3.47. The molecule has 1 fully saturated rings. The number of rotatable bonds is 8. The third kappa shape index (κ3) is 8.30. The third-order valence-electron chi connectivity index (χ3n) is 7.37. The number of carboxylic acid groups (broad SMARTS) is 2. The summed E-state index contributed by atoms with van der Waals surface area (Å²) in [4.78, 5) is 24.4. The van der Waals surface area contributed by atoms with Crippen molar-refractivity contribution in [2.45, 2.75) is 49.8 Å². The summed E-state index contributed by atoms with van der Waals surface area (Å²) in [7, 11) is 0. The van der Waals surface area contributed by atoms with Crippen molar-refractivity contribution >= 4 is 23.7 Å². The highest BCUT2D eigenvalue weighted by Gasteiger charge is 2.30. The first kappa shape index (κ1) is 31.5. The fourth-order valence-electron chi connectivity index (χ4n) is 5.35. The Bertz CT molecular complexity index is 1270. The minimum absolute atomic E-state index is 0.0428. The van der Waals surface area contributed by atoms with Crippen molar-refractivity contribution in [3.05, 3.63) is 95.1 Å². The lowest BCUT2D eigenvalue weighted by atomic mass is 9.96. The van der Waals surface area contributed by atoms with E-state index >= 15 is 0 Å². The summed E-state index contributed by atoms with van der Waals surface area (Å²) in [5.41, 5.74) is 3.45. The number of aryl methyl sites for hydroxylation is 1. The van der Waals surface area contributed by atoms with Crippen LogP contribution in [0.2, 0.25) is 0 Å². The summed E-state index contributed by atoms with van der Waals surface area (Å²) in [6.07, 6.45) is 4.44. The topological polar surface area (TPSA) is 90.3 Å². The highest BCUT2D eigenvalue weighted by Crippen LogP contribution is 2.38. The molecule has 2 aliphatic heterocycles. The van der Waals surface area contributed by atoms with Crippen LogP contribution in [0.15, 0.2) is 71.6 Å². The molecule has 0 aromatic heterocycles. The first-order valence-electron chi connectivity index (χ1n) is 14.1. The first-order valence-corrected chi connectivity index (χ1v) is 15.1. The molecule has 3 aromatic carbocycles. The Labute approximate surface area is 249 Å². The third-order valence-corrected chi connectivity index (χ3v) is 8.62. The lowest BCUT2D eigenvalue weighted by molar-refractivity contribution is -0.159. The summed E-state index contributed by atoms with van der Waals surface area (Å²) in [5.74, 6) is -1.97. The molecular formula is C32H36F2N2O5S. The van der Waals surface area contributed by atoms with Crippen LogP contribution in [0.4, 0.5) is 8.78 Å². The van der Waals surface area contributed by atoms with Crippen LogP contribution in [0.25, 0.3) is 0 Å². The van der Waals surface area contributed by atoms with Gasteiger partial charge in [0.2, 0.25) is 0 Å². The number of piperazine rings is 1. The molecule has 224 valence electrons. The average molecular weight is 599 g/mol. The van der Waals surface area contributed by atoms with Crippen LogP contribution in [-0.2, 0) is 16.0 Å². The molecule has 2 N–H and O–H groups in total. The van der Waals surface area contributed by atoms with Crippen molar-refractivity contribution in [3.63, 3.8) is 0 Å². The van der Waals surface area contributed by atoms with Crippen LogP contribution in [-0.4, -0.2) is 70.1 Å². The van der Waals surface area contributed by atoms with Gasteiger partial charge in [-0.2, -0.15) is 0 Å². The fraction of sp³-hybridized carbons (Fsp3) is 0.375. The van der Waals surface area contributed by atoms with E-state index in [4.69, 9.17) is 24.5 Å². The van der Waals surface area contributed by atoms with E-state index in [-0.39, 0.29) is 23.9 Å². The van der Waals surface area contributed by atoms with Crippen LogP contribution >= 0.6 is 11.8 Å². The fourth-order valence-corrected chi connectivity index (χ4v) is 6.46. The summed E-state index contributed by atoms with van der Waals surface area (Å²) in [6.45, 7) is 5.67. The summed E-state index contributed by atoms with van der Waals surface area (Å²) >= 11 is 1.92. The summed E-state index contributed by atoms with van der Waals surface area (Å²) in [6, 6.07) is 19.8. The van der Waals surface area contributed by atoms with Crippen LogP contribution in [0.5, 0.6) is 5.75 Å². The van der Waals surface area contributed by atoms with Crippen molar-refractivity contribution in [3.8, 4) is 5.75 Å². The second-order valence-electron chi connectivity index (χ2n) is 10.2. The van der Waals surface area contributed by atoms with Gasteiger partial charge >= 0.3 is 11.9 Å². The van der Waals surface area contributed by atoms with Crippen LogP contribution in [0, 0.1) is 11.6 Å². The average Bonchev–Trinajstić information content (AvgIpc) is 3.00. The minimum Gasteiger partial charge on any atom is -0.474 e. The van der Waals surface area contributed by atoms with Crippen LogP contribution in [0.3, 0.4) is 0 Å². The number of hydrogen-bond acceptors (Lipinski definition) is 6. The van der Waals surface area contributed by atoms with Gasteiger partial charge in [0, 0.05) is 26.2 Å². The molecule has 0 bridgehead atoms. The molecule has 0 saturated carbocycles. The Balaban J connectivity index is 0.000000612. The molecule has 2 aliphatic rings. The Morgan fingerprint density at radius 2 is 1.40 bits per heavy atom. The first-order chi connectivity index (χ1) is 20.3. The molecule has 0 amide bonds. The van der Waals surface area contributed by atoms with Crippen molar-refractivity contribution in [2.24, 2.45) is 0 Å². The molecule has 2 heterocycles. The SMILES string of the molecule is CCCC(Oc1cccc2c1SCCC2)N1CCN(C(c2ccc(F)cc2)c2ccc(F)cc2)CC1.O=C(O)C(=O)O. The van der Waals surface area contributed by atoms with E-state index in [9.17, 15) is 8.78 Å². The molecule has 10 heteroatoms. The minimum atomic E-state index is -1.82. The number of benzene rings is 3. The number of nitrogens with zero attached hydrogens (tertiary/aromatic N) is 2. The largest absolute Gasteiger partial charge is 0.474 e. The quantitative estimate of drug-likeness (QED) is 0.302. The molecule has 5 rings (SSSR count). The maximum atomic E-state index is 13.7. The van der Waals surface area contributed by atoms with Gasteiger partial charge in [-0.25, -0.2) is 18.4 Å². The smallest absolute Gasteiger partial charge is 0.414 e. The molecule has 3 aromatic rings. The van der Waals surface area contributed by atoms with E-state index in [1.165, 1.54) is 41.1 Å². The molecule has 1 atom stereocenters. The molecule has 42 heavy (non-hydrogen) atoms. The standard InChI is InChI=1S/C30H34F2N2OS.C2H2O4/c1-2-5-28(35-27-8-3-6-24-7-4-21-36-30(24)27)33-17-19-34(20-18-33)29(22-9-13-25(31)14-10-22)23-11-15-26(32)16-12-23;3-1(4)2(5)6/h3,6,8-16,28-29H,2,4-5,7,17-21H2,1H3;(H,3,4)(H,5,6). The van der Waals surface area contributed by atoms with E-state index in [1.54, 1.807) is 0 Å². The second-order valence-corrected chi connectivity index (χ2v) is 11.4. The number of ether oxygens (including phenoxy) is 1. The number of carboxylic acids is 2. The lowest BCUT2D eigenvalue weighted by Crippen LogP contribution is -2.52. The highest BCUT2D eigenvalue weighted by molar-refractivity contribution is 7.99. The second kappa shape index (κ2) is 15.1. The number of halogens is 2. The Kier molecular flexibility index (Phi) is 11.3. The molecule has 0 radical (unpaired) electrons. The van der Waals surface area contributed by atoms with Crippen LogP contribution in [0.1, 0.15) is 48.9 Å². The number of thioether (sulfide) groups is 1. The van der Waals surface area contributed by atoms with E-state index < -0.39 is 11.9 Å². The van der Waals surface area contributed by atoms with Crippen molar-refractivity contribution in [1.29, 1.82) is 0 Å². The highest BCUT2D eigenvalue weighted by atomic mass is 32.2. The Morgan fingerprint density at radius 1 is 0.857 bits per heavy atom. The predicted molar refractivity (Wildman–Crippen MR) is 158 cm³/mol. The molecular weight excluding hydrogens is 562 g/mol. The summed E-state index contributed by atoms with van der Waals surface area (Å²) in [5, 5.41) is 14.8. The van der Waals surface area contributed by atoms with Crippen molar-refractivity contribution < 1.29 is 33.3 Å². The number of carbonyl (C=O) groups is 2. The van der Waals surface area contributed by atoms with Gasteiger partial charge in [0.15, 0.2) is 6.23 Å².